The first-order valence-corrected chi connectivity index (χ1v) is 9.35. The van der Waals surface area contributed by atoms with Crippen LogP contribution in [0.15, 0.2) is 29.1 Å². The summed E-state index contributed by atoms with van der Waals surface area (Å²) in [6.45, 7) is 6.30. The summed E-state index contributed by atoms with van der Waals surface area (Å²) in [4.78, 5) is 16.7. The second-order valence-corrected chi connectivity index (χ2v) is 6.96. The number of carbonyl (C=O) groups excluding carboxylic acids is 1. The van der Waals surface area contributed by atoms with Gasteiger partial charge < -0.3 is 10.2 Å². The molecule has 1 N–H and O–H groups in total. The predicted molar refractivity (Wildman–Crippen MR) is 96.2 cm³/mol. The number of amides is 2. The second kappa shape index (κ2) is 7.81. The van der Waals surface area contributed by atoms with Crippen LogP contribution in [0.5, 0.6) is 0 Å². The zero-order chi connectivity index (χ0) is 16.9. The van der Waals surface area contributed by atoms with Gasteiger partial charge in [0.15, 0.2) is 0 Å². The first kappa shape index (κ1) is 17.0. The van der Waals surface area contributed by atoms with E-state index in [4.69, 9.17) is 0 Å². The number of hydrogen-bond acceptors (Lipinski definition) is 4. The lowest BCUT2D eigenvalue weighted by Crippen LogP contribution is -2.52. The molecule has 1 fully saturated rings. The molecule has 0 aliphatic carbocycles. The standard InChI is InChI=1S/C17H25N5OS/c1-14(15-5-12-24-13-15)21-8-10-22(11-9-21)17(23)18-6-3-16-4-7-19-20(16)2/h4-5,7,12-14H,3,6,8-11H2,1-2H3,(H,18,23). The zero-order valence-electron chi connectivity index (χ0n) is 14.3. The van der Waals surface area contributed by atoms with Gasteiger partial charge in [-0.15, -0.1) is 0 Å². The fraction of sp³-hybridized carbons (Fsp3) is 0.529. The van der Waals surface area contributed by atoms with Crippen LogP contribution in [0.2, 0.25) is 0 Å². The van der Waals surface area contributed by atoms with Crippen LogP contribution in [0.4, 0.5) is 4.79 Å². The molecule has 24 heavy (non-hydrogen) atoms. The molecule has 1 saturated heterocycles. The lowest BCUT2D eigenvalue weighted by atomic mass is 10.1. The van der Waals surface area contributed by atoms with Gasteiger partial charge in [-0.1, -0.05) is 0 Å². The summed E-state index contributed by atoms with van der Waals surface area (Å²) >= 11 is 1.74. The van der Waals surface area contributed by atoms with Crippen molar-refractivity contribution < 1.29 is 4.79 Å². The summed E-state index contributed by atoms with van der Waals surface area (Å²) in [5, 5.41) is 11.5. The number of urea groups is 1. The van der Waals surface area contributed by atoms with Gasteiger partial charge in [0.2, 0.25) is 0 Å². The third kappa shape index (κ3) is 3.96. The third-order valence-electron chi connectivity index (χ3n) is 4.75. The van der Waals surface area contributed by atoms with E-state index in [9.17, 15) is 4.79 Å². The number of nitrogens with one attached hydrogen (secondary N) is 1. The van der Waals surface area contributed by atoms with E-state index in [2.05, 4.69) is 39.1 Å². The fourth-order valence-electron chi connectivity index (χ4n) is 3.09. The van der Waals surface area contributed by atoms with E-state index in [1.165, 1.54) is 5.56 Å². The van der Waals surface area contributed by atoms with Crippen molar-refractivity contribution in [2.24, 2.45) is 7.05 Å². The van der Waals surface area contributed by atoms with Crippen molar-refractivity contribution in [3.8, 4) is 0 Å². The average molecular weight is 347 g/mol. The summed E-state index contributed by atoms with van der Waals surface area (Å²) in [6.07, 6.45) is 2.59. The van der Waals surface area contributed by atoms with E-state index >= 15 is 0 Å². The van der Waals surface area contributed by atoms with Gasteiger partial charge in [0, 0.05) is 64.1 Å². The molecule has 0 aromatic carbocycles. The molecule has 0 radical (unpaired) electrons. The van der Waals surface area contributed by atoms with Gasteiger partial charge in [0.05, 0.1) is 0 Å². The van der Waals surface area contributed by atoms with E-state index in [1.54, 1.807) is 17.5 Å². The first-order valence-electron chi connectivity index (χ1n) is 8.41. The highest BCUT2D eigenvalue weighted by molar-refractivity contribution is 7.07. The number of aromatic nitrogens is 2. The first-order chi connectivity index (χ1) is 11.6. The van der Waals surface area contributed by atoms with Crippen molar-refractivity contribution in [1.82, 2.24) is 24.9 Å². The van der Waals surface area contributed by atoms with E-state index in [1.807, 2.05) is 22.7 Å². The Morgan fingerprint density at radius 3 is 2.75 bits per heavy atom. The number of piperazine rings is 1. The summed E-state index contributed by atoms with van der Waals surface area (Å²) in [6, 6.07) is 4.63. The number of rotatable bonds is 5. The SMILES string of the molecule is CC(c1ccsc1)N1CCN(C(=O)NCCc2ccnn2C)CC1. The molecule has 7 heteroatoms. The van der Waals surface area contributed by atoms with Crippen molar-refractivity contribution >= 4 is 17.4 Å². The molecule has 0 bridgehead atoms. The van der Waals surface area contributed by atoms with Gasteiger partial charge in [-0.25, -0.2) is 4.79 Å². The Morgan fingerprint density at radius 1 is 1.33 bits per heavy atom. The molecule has 1 aliphatic heterocycles. The van der Waals surface area contributed by atoms with Crippen molar-refractivity contribution in [3.63, 3.8) is 0 Å². The Labute approximate surface area is 147 Å². The highest BCUT2D eigenvalue weighted by Crippen LogP contribution is 2.23. The molecule has 6 nitrogen and oxygen atoms in total. The van der Waals surface area contributed by atoms with Gasteiger partial charge >= 0.3 is 6.03 Å². The van der Waals surface area contributed by atoms with Crippen LogP contribution in [-0.4, -0.2) is 58.3 Å². The maximum absolute atomic E-state index is 12.3. The summed E-state index contributed by atoms with van der Waals surface area (Å²) < 4.78 is 1.84. The van der Waals surface area contributed by atoms with Crippen LogP contribution in [0.3, 0.4) is 0 Å². The summed E-state index contributed by atoms with van der Waals surface area (Å²) in [5.74, 6) is 0. The predicted octanol–water partition coefficient (Wildman–Crippen LogP) is 2.11. The molecular weight excluding hydrogens is 322 g/mol. The molecule has 3 rings (SSSR count). The van der Waals surface area contributed by atoms with Gasteiger partial charge in [-0.05, 0) is 35.4 Å². The molecule has 2 amide bonds. The van der Waals surface area contributed by atoms with Crippen LogP contribution in [-0.2, 0) is 13.5 Å². The minimum absolute atomic E-state index is 0.0417. The number of thiophene rings is 1. The highest BCUT2D eigenvalue weighted by atomic mass is 32.1. The fourth-order valence-corrected chi connectivity index (χ4v) is 3.84. The van der Waals surface area contributed by atoms with Crippen molar-refractivity contribution in [3.05, 3.63) is 40.3 Å². The van der Waals surface area contributed by atoms with Gasteiger partial charge in [-0.3, -0.25) is 9.58 Å². The monoisotopic (exact) mass is 347 g/mol. The molecule has 1 atom stereocenters. The van der Waals surface area contributed by atoms with E-state index in [0.717, 1.165) is 38.3 Å². The average Bonchev–Trinajstić information content (AvgIpc) is 3.26. The number of nitrogens with zero attached hydrogens (tertiary/aromatic N) is 4. The molecule has 130 valence electrons. The minimum Gasteiger partial charge on any atom is -0.338 e. The van der Waals surface area contributed by atoms with E-state index < -0.39 is 0 Å². The molecule has 2 aromatic heterocycles. The van der Waals surface area contributed by atoms with Crippen molar-refractivity contribution in [2.75, 3.05) is 32.7 Å². The van der Waals surface area contributed by atoms with Crippen LogP contribution < -0.4 is 5.32 Å². The lowest BCUT2D eigenvalue weighted by Gasteiger charge is -2.37. The highest BCUT2D eigenvalue weighted by Gasteiger charge is 2.24. The molecular formula is C17H25N5OS. The maximum Gasteiger partial charge on any atom is 0.317 e. The minimum atomic E-state index is 0.0417. The van der Waals surface area contributed by atoms with Crippen LogP contribution in [0.25, 0.3) is 0 Å². The quantitative estimate of drug-likeness (QED) is 0.901. The molecule has 2 aromatic rings. The summed E-state index contributed by atoms with van der Waals surface area (Å²) in [7, 11) is 1.92. The normalized spacial score (nSPS) is 17.0. The van der Waals surface area contributed by atoms with Gasteiger partial charge in [0.1, 0.15) is 0 Å². The molecule has 0 saturated carbocycles. The molecule has 3 heterocycles. The van der Waals surface area contributed by atoms with Crippen LogP contribution in [0, 0.1) is 0 Å². The van der Waals surface area contributed by atoms with E-state index in [-0.39, 0.29) is 6.03 Å². The Kier molecular flexibility index (Phi) is 5.52. The van der Waals surface area contributed by atoms with Gasteiger partial charge in [0.25, 0.3) is 0 Å². The van der Waals surface area contributed by atoms with Gasteiger partial charge in [-0.2, -0.15) is 16.4 Å². The Hall–Kier alpha value is -1.86. The second-order valence-electron chi connectivity index (χ2n) is 6.18. The zero-order valence-corrected chi connectivity index (χ0v) is 15.1. The Balaban J connectivity index is 1.41. The lowest BCUT2D eigenvalue weighted by molar-refractivity contribution is 0.114. The smallest absolute Gasteiger partial charge is 0.317 e. The molecule has 1 unspecified atom stereocenters. The number of hydrogen-bond donors (Lipinski definition) is 1. The van der Waals surface area contributed by atoms with E-state index in [0.29, 0.717) is 12.6 Å². The van der Waals surface area contributed by atoms with Crippen molar-refractivity contribution in [1.29, 1.82) is 0 Å². The van der Waals surface area contributed by atoms with Crippen molar-refractivity contribution in [2.45, 2.75) is 19.4 Å². The maximum atomic E-state index is 12.3. The molecule has 0 spiro atoms. The topological polar surface area (TPSA) is 53.4 Å². The van der Waals surface area contributed by atoms with Crippen LogP contribution >= 0.6 is 11.3 Å². The third-order valence-corrected chi connectivity index (χ3v) is 5.46. The van der Waals surface area contributed by atoms with Crippen LogP contribution in [0.1, 0.15) is 24.2 Å². The molecule has 1 aliphatic rings. The Morgan fingerprint density at radius 2 is 2.12 bits per heavy atom. The largest absolute Gasteiger partial charge is 0.338 e. The number of carbonyl (C=O) groups is 1. The number of aryl methyl sites for hydroxylation is 1. The Bertz CT molecular complexity index is 646. The summed E-state index contributed by atoms with van der Waals surface area (Å²) in [5.41, 5.74) is 2.50.